The van der Waals surface area contributed by atoms with Crippen molar-refractivity contribution < 1.29 is 18.6 Å². The van der Waals surface area contributed by atoms with Crippen LogP contribution in [0.3, 0.4) is 0 Å². The van der Waals surface area contributed by atoms with Gasteiger partial charge < -0.3 is 14.4 Å². The fourth-order valence-electron chi connectivity index (χ4n) is 4.02. The zero-order valence-electron chi connectivity index (χ0n) is 22.4. The summed E-state index contributed by atoms with van der Waals surface area (Å²) in [7, 11) is 4.68. The number of anilines is 2. The Bertz CT molecular complexity index is 1670. The molecule has 210 valence electrons. The minimum atomic E-state index is -3.35. The molecule has 0 radical (unpaired) electrons. The number of ether oxygens (including phenoxy) is 2. The summed E-state index contributed by atoms with van der Waals surface area (Å²) in [5, 5.41) is 4.52. The quantitative estimate of drug-likeness (QED) is 0.250. The van der Waals surface area contributed by atoms with Gasteiger partial charge in [0.25, 0.3) is 0 Å². The van der Waals surface area contributed by atoms with E-state index in [0.717, 1.165) is 5.56 Å². The molecular weight excluding hydrogens is 558 g/mol. The van der Waals surface area contributed by atoms with E-state index >= 15 is 0 Å². The maximum absolute atomic E-state index is 10.9. The van der Waals surface area contributed by atoms with Gasteiger partial charge in [0.05, 0.1) is 44.5 Å². The van der Waals surface area contributed by atoms with Crippen LogP contribution in [0.1, 0.15) is 5.82 Å². The molecule has 0 unspecified atom stereocenters. The molecule has 5 aromatic rings. The number of imidazole rings is 1. The molecule has 40 heavy (non-hydrogen) atoms. The monoisotopic (exact) mass is 585 g/mol. The van der Waals surface area contributed by atoms with E-state index in [-0.39, 0.29) is 6.54 Å². The molecular formula is C25H28ClN9O4S. The lowest BCUT2D eigenvalue weighted by Crippen LogP contribution is -2.28. The molecule has 0 amide bonds. The molecule has 5 rings (SSSR count). The van der Waals surface area contributed by atoms with Crippen molar-refractivity contribution >= 4 is 45.2 Å². The topological polar surface area (TPSA) is 140 Å². The molecule has 0 saturated heterocycles. The van der Waals surface area contributed by atoms with Crippen LogP contribution in [0.15, 0.2) is 55.2 Å². The summed E-state index contributed by atoms with van der Waals surface area (Å²) < 4.78 is 37.0. The standard InChI is InChI=1S/C25H28ClN9O4S/c1-32(2)40(36,37)35-9-8-27-23(35)15-34(20-10-17(38-4)11-21(39-5)24(20)26)22-7-6-18-25(31-22)30-19(13-28-18)16-12-29-33(3)14-16/h6-14,36-37H,15H2,1-5H3. The number of pyridine rings is 1. The number of hydrogen-bond donors (Lipinski definition) is 2. The maximum Gasteiger partial charge on any atom is 0.180 e. The number of rotatable bonds is 9. The van der Waals surface area contributed by atoms with Crippen LogP contribution in [0, 0.1) is 0 Å². The number of fused-ring (bicyclic) bond motifs is 1. The third kappa shape index (κ3) is 5.14. The van der Waals surface area contributed by atoms with Crippen molar-refractivity contribution in [1.29, 1.82) is 0 Å². The Kier molecular flexibility index (Phi) is 7.53. The van der Waals surface area contributed by atoms with Crippen LogP contribution < -0.4 is 14.4 Å². The minimum Gasteiger partial charge on any atom is -0.497 e. The van der Waals surface area contributed by atoms with Gasteiger partial charge in [0.1, 0.15) is 33.7 Å². The summed E-state index contributed by atoms with van der Waals surface area (Å²) in [5.41, 5.74) is 2.91. The highest BCUT2D eigenvalue weighted by molar-refractivity contribution is 8.20. The highest BCUT2D eigenvalue weighted by Gasteiger charge is 2.26. The zero-order valence-corrected chi connectivity index (χ0v) is 24.0. The summed E-state index contributed by atoms with van der Waals surface area (Å²) >= 11 is 6.81. The largest absolute Gasteiger partial charge is 0.497 e. The maximum atomic E-state index is 10.9. The van der Waals surface area contributed by atoms with Crippen LogP contribution in [0.4, 0.5) is 11.5 Å². The van der Waals surface area contributed by atoms with E-state index in [2.05, 4.69) is 15.1 Å². The Morgan fingerprint density at radius 2 is 1.85 bits per heavy atom. The first-order valence-corrected chi connectivity index (χ1v) is 13.8. The van der Waals surface area contributed by atoms with Gasteiger partial charge in [0.15, 0.2) is 5.65 Å². The average Bonchev–Trinajstić information content (AvgIpc) is 3.60. The number of benzene rings is 1. The van der Waals surface area contributed by atoms with Crippen LogP contribution in [-0.2, 0) is 13.6 Å². The van der Waals surface area contributed by atoms with Crippen molar-refractivity contribution in [2.75, 3.05) is 33.2 Å². The van der Waals surface area contributed by atoms with E-state index < -0.39 is 11.0 Å². The van der Waals surface area contributed by atoms with Crippen molar-refractivity contribution in [2.45, 2.75) is 6.54 Å². The summed E-state index contributed by atoms with van der Waals surface area (Å²) in [6.07, 6.45) is 8.23. The minimum absolute atomic E-state index is 0.0565. The summed E-state index contributed by atoms with van der Waals surface area (Å²) in [5.74, 6) is 1.70. The number of nitrogens with zero attached hydrogens (tertiary/aromatic N) is 9. The van der Waals surface area contributed by atoms with Crippen molar-refractivity contribution in [3.05, 3.63) is 66.1 Å². The molecule has 0 spiro atoms. The van der Waals surface area contributed by atoms with Crippen molar-refractivity contribution in [3.63, 3.8) is 0 Å². The smallest absolute Gasteiger partial charge is 0.180 e. The fraction of sp³-hybridized carbons (Fsp3) is 0.240. The molecule has 1 aromatic carbocycles. The van der Waals surface area contributed by atoms with Gasteiger partial charge in [-0.25, -0.2) is 18.9 Å². The normalized spacial score (nSPS) is 12.2. The Balaban J connectivity index is 1.67. The fourth-order valence-corrected chi connectivity index (χ4v) is 5.26. The molecule has 2 N–H and O–H groups in total. The van der Waals surface area contributed by atoms with Gasteiger partial charge in [0.2, 0.25) is 0 Å². The van der Waals surface area contributed by atoms with Gasteiger partial charge in [-0.3, -0.25) is 18.8 Å². The second kappa shape index (κ2) is 10.9. The van der Waals surface area contributed by atoms with E-state index in [1.165, 1.54) is 27.8 Å². The third-order valence-electron chi connectivity index (χ3n) is 6.14. The van der Waals surface area contributed by atoms with Gasteiger partial charge in [-0.05, 0) is 23.1 Å². The van der Waals surface area contributed by atoms with Crippen LogP contribution in [-0.4, -0.2) is 75.4 Å². The van der Waals surface area contributed by atoms with Gasteiger partial charge in [-0.15, -0.1) is 0 Å². The predicted molar refractivity (Wildman–Crippen MR) is 154 cm³/mol. The van der Waals surface area contributed by atoms with Gasteiger partial charge in [-0.2, -0.15) is 9.40 Å². The number of aromatic nitrogens is 7. The van der Waals surface area contributed by atoms with Crippen molar-refractivity contribution in [3.8, 4) is 22.8 Å². The van der Waals surface area contributed by atoms with Gasteiger partial charge in [-0.1, -0.05) is 11.6 Å². The highest BCUT2D eigenvalue weighted by Crippen LogP contribution is 2.45. The zero-order chi connectivity index (χ0) is 28.6. The lowest BCUT2D eigenvalue weighted by atomic mass is 10.2. The predicted octanol–water partition coefficient (Wildman–Crippen LogP) is 4.62. The Hall–Kier alpha value is -3.95. The average molecular weight is 586 g/mol. The molecule has 4 heterocycles. The molecule has 0 aliphatic carbocycles. The SMILES string of the molecule is COc1cc(OC)c(Cl)c(N(Cc2nccn2S(O)(O)N(C)C)c2ccc3ncc(-c4cnn(C)c4)nc3n2)c1. The van der Waals surface area contributed by atoms with Gasteiger partial charge >= 0.3 is 0 Å². The number of hydrogen-bond acceptors (Lipinski definition) is 11. The van der Waals surface area contributed by atoms with Crippen LogP contribution in [0.2, 0.25) is 5.02 Å². The molecule has 0 atom stereocenters. The van der Waals surface area contributed by atoms with Crippen LogP contribution in [0.5, 0.6) is 11.5 Å². The summed E-state index contributed by atoms with van der Waals surface area (Å²) in [4.78, 5) is 20.3. The molecule has 13 nitrogen and oxygen atoms in total. The van der Waals surface area contributed by atoms with E-state index in [0.29, 0.717) is 50.7 Å². The molecule has 0 aliphatic rings. The second-order valence-corrected chi connectivity index (χ2v) is 11.4. The first kappa shape index (κ1) is 27.6. The number of methoxy groups -OCH3 is 2. The highest BCUT2D eigenvalue weighted by atomic mass is 35.5. The second-order valence-electron chi connectivity index (χ2n) is 8.89. The van der Waals surface area contributed by atoms with E-state index in [1.807, 2.05) is 13.2 Å². The molecule has 4 aromatic heterocycles. The van der Waals surface area contributed by atoms with Crippen LogP contribution >= 0.6 is 22.6 Å². The molecule has 15 heteroatoms. The summed E-state index contributed by atoms with van der Waals surface area (Å²) in [6, 6.07) is 7.00. The number of aryl methyl sites for hydroxylation is 1. The lowest BCUT2D eigenvalue weighted by Gasteiger charge is -2.40. The van der Waals surface area contributed by atoms with Crippen molar-refractivity contribution in [2.24, 2.45) is 7.05 Å². The Morgan fingerprint density at radius 3 is 2.52 bits per heavy atom. The molecule has 0 aliphatic heterocycles. The Labute approximate surface area is 237 Å². The number of halogens is 1. The first-order chi connectivity index (χ1) is 19.1. The first-order valence-electron chi connectivity index (χ1n) is 11.9. The molecule has 0 fully saturated rings. The van der Waals surface area contributed by atoms with E-state index in [9.17, 15) is 9.11 Å². The third-order valence-corrected chi connectivity index (χ3v) is 8.36. The van der Waals surface area contributed by atoms with Gasteiger partial charge in [0, 0.05) is 57.4 Å². The molecule has 0 saturated carbocycles. The van der Waals surface area contributed by atoms with E-state index in [1.54, 1.807) is 67.4 Å². The lowest BCUT2D eigenvalue weighted by molar-refractivity contribution is 0.394. The molecule has 0 bridgehead atoms. The van der Waals surface area contributed by atoms with Crippen molar-refractivity contribution in [1.82, 2.24) is 38.0 Å². The van der Waals surface area contributed by atoms with E-state index in [4.69, 9.17) is 31.0 Å². The Morgan fingerprint density at radius 1 is 1.05 bits per heavy atom. The summed E-state index contributed by atoms with van der Waals surface area (Å²) in [6.45, 7) is 0.0565. The van der Waals surface area contributed by atoms with Crippen LogP contribution in [0.25, 0.3) is 22.4 Å².